The van der Waals surface area contributed by atoms with E-state index in [0.29, 0.717) is 5.69 Å². The number of nitrogens with one attached hydrogen (secondary N) is 1. The quantitative estimate of drug-likeness (QED) is 0.429. The Hall–Kier alpha value is -3.72. The monoisotopic (exact) mass is 539 g/mol. The van der Waals surface area contributed by atoms with Crippen molar-refractivity contribution in [1.82, 2.24) is 10.2 Å². The summed E-state index contributed by atoms with van der Waals surface area (Å²) in [6.45, 7) is 8.06. The van der Waals surface area contributed by atoms with Gasteiger partial charge in [-0.05, 0) is 65.0 Å². The van der Waals surface area contributed by atoms with Crippen molar-refractivity contribution in [1.29, 1.82) is 0 Å². The number of anilines is 1. The predicted molar refractivity (Wildman–Crippen MR) is 146 cm³/mol. The van der Waals surface area contributed by atoms with Crippen molar-refractivity contribution in [2.45, 2.75) is 57.6 Å². The first kappa shape index (κ1) is 28.8. The van der Waals surface area contributed by atoms with Gasteiger partial charge in [0.05, 0.1) is 10.6 Å². The molecule has 0 heterocycles. The molecule has 0 unspecified atom stereocenters. The second-order valence-electron chi connectivity index (χ2n) is 10.2. The molecule has 1 N–H and O–H groups in total. The lowest BCUT2D eigenvalue weighted by atomic mass is 10.1. The van der Waals surface area contributed by atoms with E-state index in [2.05, 4.69) is 5.32 Å². The number of amides is 2. The standard InChI is InChI=1S/C29H34FN3O4S/c1-21-15-17-24(18-16-21)33(38(36,37)25-12-7-6-8-13-25)20-27(34)32(19-23-11-9-10-14-26(23)30)22(2)28(35)31-29(3,4)5/h6-18,22H,19-20H2,1-5H3,(H,31,35)/t22-/m0/s1. The summed E-state index contributed by atoms with van der Waals surface area (Å²) in [5, 5.41) is 2.84. The highest BCUT2D eigenvalue weighted by atomic mass is 32.2. The van der Waals surface area contributed by atoms with Crippen LogP contribution in [0.3, 0.4) is 0 Å². The molecular formula is C29H34FN3O4S. The number of rotatable bonds is 9. The summed E-state index contributed by atoms with van der Waals surface area (Å²) in [5.74, 6) is -1.61. The van der Waals surface area contributed by atoms with Crippen molar-refractivity contribution >= 4 is 27.5 Å². The largest absolute Gasteiger partial charge is 0.350 e. The van der Waals surface area contributed by atoms with Crippen LogP contribution in [0.15, 0.2) is 83.8 Å². The number of halogens is 1. The molecule has 0 aliphatic heterocycles. The van der Waals surface area contributed by atoms with E-state index >= 15 is 0 Å². The Bertz CT molecular complexity index is 1370. The first-order valence-electron chi connectivity index (χ1n) is 12.3. The van der Waals surface area contributed by atoms with Crippen molar-refractivity contribution in [3.63, 3.8) is 0 Å². The van der Waals surface area contributed by atoms with Gasteiger partial charge in [-0.25, -0.2) is 12.8 Å². The van der Waals surface area contributed by atoms with Crippen LogP contribution in [0.1, 0.15) is 38.8 Å². The van der Waals surface area contributed by atoms with Crippen molar-refractivity contribution < 1.29 is 22.4 Å². The van der Waals surface area contributed by atoms with Crippen LogP contribution in [0.5, 0.6) is 0 Å². The topological polar surface area (TPSA) is 86.8 Å². The minimum Gasteiger partial charge on any atom is -0.350 e. The fraction of sp³-hybridized carbons (Fsp3) is 0.310. The van der Waals surface area contributed by atoms with E-state index in [1.807, 2.05) is 27.7 Å². The van der Waals surface area contributed by atoms with Crippen LogP contribution in [0, 0.1) is 12.7 Å². The summed E-state index contributed by atoms with van der Waals surface area (Å²) >= 11 is 0. The molecular weight excluding hydrogens is 505 g/mol. The fourth-order valence-corrected chi connectivity index (χ4v) is 5.26. The van der Waals surface area contributed by atoms with Crippen LogP contribution >= 0.6 is 0 Å². The summed E-state index contributed by atoms with van der Waals surface area (Å²) in [5.41, 5.74) is 0.864. The van der Waals surface area contributed by atoms with Gasteiger partial charge in [0.25, 0.3) is 10.0 Å². The van der Waals surface area contributed by atoms with Crippen LogP contribution in [0.4, 0.5) is 10.1 Å². The van der Waals surface area contributed by atoms with Crippen molar-refractivity contribution in [3.05, 3.63) is 95.8 Å². The smallest absolute Gasteiger partial charge is 0.264 e. The summed E-state index contributed by atoms with van der Waals surface area (Å²) in [6, 6.07) is 19.6. The Morgan fingerprint density at radius 2 is 1.50 bits per heavy atom. The predicted octanol–water partition coefficient (Wildman–Crippen LogP) is 4.66. The third-order valence-electron chi connectivity index (χ3n) is 5.90. The van der Waals surface area contributed by atoms with E-state index in [1.165, 1.54) is 35.2 Å². The number of aryl methyl sites for hydroxylation is 1. The van der Waals surface area contributed by atoms with Gasteiger partial charge >= 0.3 is 0 Å². The third kappa shape index (κ3) is 7.19. The number of nitrogens with zero attached hydrogens (tertiary/aromatic N) is 2. The van der Waals surface area contributed by atoms with Crippen LogP contribution in [0.25, 0.3) is 0 Å². The van der Waals surface area contributed by atoms with Gasteiger partial charge in [0.1, 0.15) is 18.4 Å². The highest BCUT2D eigenvalue weighted by Crippen LogP contribution is 2.25. The van der Waals surface area contributed by atoms with Gasteiger partial charge in [-0.1, -0.05) is 54.1 Å². The minimum atomic E-state index is -4.14. The summed E-state index contributed by atoms with van der Waals surface area (Å²) in [7, 11) is -4.14. The molecule has 38 heavy (non-hydrogen) atoms. The molecule has 0 saturated heterocycles. The number of sulfonamides is 1. The lowest BCUT2D eigenvalue weighted by Crippen LogP contribution is -2.54. The summed E-state index contributed by atoms with van der Waals surface area (Å²) < 4.78 is 43.0. The minimum absolute atomic E-state index is 0.0209. The van der Waals surface area contributed by atoms with Gasteiger partial charge in [-0.3, -0.25) is 13.9 Å². The van der Waals surface area contributed by atoms with Gasteiger partial charge in [-0.15, -0.1) is 0 Å². The van der Waals surface area contributed by atoms with Crippen molar-refractivity contribution in [2.75, 3.05) is 10.8 Å². The second kappa shape index (κ2) is 11.8. The number of benzene rings is 3. The molecule has 0 radical (unpaired) electrons. The first-order valence-corrected chi connectivity index (χ1v) is 13.7. The average molecular weight is 540 g/mol. The molecule has 7 nitrogen and oxygen atoms in total. The molecule has 202 valence electrons. The van der Waals surface area contributed by atoms with E-state index in [4.69, 9.17) is 0 Å². The normalized spacial score (nSPS) is 12.5. The van der Waals surface area contributed by atoms with E-state index < -0.39 is 45.8 Å². The van der Waals surface area contributed by atoms with Gasteiger partial charge < -0.3 is 10.2 Å². The zero-order chi connectivity index (χ0) is 28.1. The zero-order valence-corrected chi connectivity index (χ0v) is 23.1. The second-order valence-corrected chi connectivity index (χ2v) is 12.1. The molecule has 1 atom stereocenters. The highest BCUT2D eigenvalue weighted by Gasteiger charge is 2.33. The number of carbonyl (C=O) groups is 2. The maximum atomic E-state index is 14.6. The van der Waals surface area contributed by atoms with E-state index in [1.54, 1.807) is 55.5 Å². The Morgan fingerprint density at radius 1 is 0.921 bits per heavy atom. The summed E-state index contributed by atoms with van der Waals surface area (Å²) in [6.07, 6.45) is 0. The van der Waals surface area contributed by atoms with Gasteiger partial charge in [0, 0.05) is 17.6 Å². The number of hydrogen-bond acceptors (Lipinski definition) is 4. The third-order valence-corrected chi connectivity index (χ3v) is 7.68. The SMILES string of the molecule is Cc1ccc(N(CC(=O)N(Cc2ccccc2F)[C@@H](C)C(=O)NC(C)(C)C)S(=O)(=O)c2ccccc2)cc1. The molecule has 3 aromatic rings. The van der Waals surface area contributed by atoms with Crippen LogP contribution < -0.4 is 9.62 Å². The van der Waals surface area contributed by atoms with Crippen molar-refractivity contribution in [2.24, 2.45) is 0 Å². The van der Waals surface area contributed by atoms with Gasteiger partial charge in [0.15, 0.2) is 0 Å². The molecule has 2 amide bonds. The van der Waals surface area contributed by atoms with Gasteiger partial charge in [0.2, 0.25) is 11.8 Å². The average Bonchev–Trinajstić information content (AvgIpc) is 2.86. The lowest BCUT2D eigenvalue weighted by Gasteiger charge is -2.33. The summed E-state index contributed by atoms with van der Waals surface area (Å²) in [4.78, 5) is 28.1. The first-order chi connectivity index (χ1) is 17.8. The van der Waals surface area contributed by atoms with Crippen LogP contribution in [-0.2, 0) is 26.2 Å². The van der Waals surface area contributed by atoms with E-state index in [-0.39, 0.29) is 17.0 Å². The van der Waals surface area contributed by atoms with Crippen molar-refractivity contribution in [3.8, 4) is 0 Å². The molecule has 0 aliphatic carbocycles. The van der Waals surface area contributed by atoms with Crippen LogP contribution in [-0.4, -0.2) is 43.3 Å². The Kier molecular flexibility index (Phi) is 8.93. The molecule has 0 aliphatic rings. The maximum absolute atomic E-state index is 14.6. The Labute approximate surface area is 224 Å². The zero-order valence-electron chi connectivity index (χ0n) is 22.3. The number of hydrogen-bond donors (Lipinski definition) is 1. The Morgan fingerprint density at radius 3 is 2.08 bits per heavy atom. The molecule has 3 rings (SSSR count). The number of carbonyl (C=O) groups excluding carboxylic acids is 2. The lowest BCUT2D eigenvalue weighted by molar-refractivity contribution is -0.140. The van der Waals surface area contributed by atoms with E-state index in [0.717, 1.165) is 9.87 Å². The van der Waals surface area contributed by atoms with Gasteiger partial charge in [-0.2, -0.15) is 0 Å². The molecule has 0 fully saturated rings. The molecule has 0 spiro atoms. The Balaban J connectivity index is 2.03. The molecule has 0 saturated carbocycles. The molecule has 9 heteroatoms. The fourth-order valence-electron chi connectivity index (χ4n) is 3.83. The van der Waals surface area contributed by atoms with E-state index in [9.17, 15) is 22.4 Å². The maximum Gasteiger partial charge on any atom is 0.264 e. The molecule has 3 aromatic carbocycles. The molecule has 0 bridgehead atoms. The molecule has 0 aromatic heterocycles. The van der Waals surface area contributed by atoms with Crippen LogP contribution in [0.2, 0.25) is 0 Å². The highest BCUT2D eigenvalue weighted by molar-refractivity contribution is 7.92.